The van der Waals surface area contributed by atoms with Crippen molar-refractivity contribution in [1.82, 2.24) is 15.1 Å². The molecule has 2 fully saturated rings. The molecule has 0 aromatic rings. The zero-order chi connectivity index (χ0) is 13.8. The number of nitrogens with one attached hydrogen (secondary N) is 1. The molecule has 5 nitrogen and oxygen atoms in total. The number of imide groups is 1. The molecule has 0 aromatic carbocycles. The third-order valence-corrected chi connectivity index (χ3v) is 4.24. The Morgan fingerprint density at radius 1 is 1.32 bits per heavy atom. The summed E-state index contributed by atoms with van der Waals surface area (Å²) < 4.78 is 0. The van der Waals surface area contributed by atoms with E-state index in [-0.39, 0.29) is 24.5 Å². The number of hydrogen-bond donors (Lipinski definition) is 1. The van der Waals surface area contributed by atoms with Crippen LogP contribution in [0.4, 0.5) is 4.79 Å². The van der Waals surface area contributed by atoms with Gasteiger partial charge in [-0.3, -0.25) is 9.69 Å². The largest absolute Gasteiger partial charge is 0.327 e. The highest BCUT2D eigenvalue weighted by Gasteiger charge is 2.36. The molecule has 0 aromatic heterocycles. The van der Waals surface area contributed by atoms with E-state index in [2.05, 4.69) is 12.2 Å². The van der Waals surface area contributed by atoms with Crippen LogP contribution in [-0.4, -0.2) is 54.5 Å². The molecule has 1 saturated heterocycles. The van der Waals surface area contributed by atoms with Crippen LogP contribution in [0.2, 0.25) is 0 Å². The normalized spacial score (nSPS) is 22.6. The van der Waals surface area contributed by atoms with Gasteiger partial charge in [-0.1, -0.05) is 19.8 Å². The summed E-state index contributed by atoms with van der Waals surface area (Å²) in [5.74, 6) is 0.548. The minimum atomic E-state index is -0.147. The number of amides is 3. The van der Waals surface area contributed by atoms with Crippen LogP contribution in [0, 0.1) is 5.92 Å². The van der Waals surface area contributed by atoms with Gasteiger partial charge in [-0.25, -0.2) is 4.79 Å². The molecular formula is C14H25N3O2. The van der Waals surface area contributed by atoms with Crippen molar-refractivity contribution in [2.45, 2.75) is 45.1 Å². The fourth-order valence-corrected chi connectivity index (χ4v) is 3.12. The van der Waals surface area contributed by atoms with E-state index in [1.165, 1.54) is 35.5 Å². The Morgan fingerprint density at radius 3 is 2.53 bits per heavy atom. The van der Waals surface area contributed by atoms with E-state index in [0.717, 1.165) is 13.0 Å². The molecule has 1 aliphatic heterocycles. The summed E-state index contributed by atoms with van der Waals surface area (Å²) in [7, 11) is 1.68. The van der Waals surface area contributed by atoms with Crippen molar-refractivity contribution in [3.63, 3.8) is 0 Å². The number of rotatable bonds is 6. The summed E-state index contributed by atoms with van der Waals surface area (Å²) in [6, 6.07) is 0.119. The molecule has 0 bridgehead atoms. The van der Waals surface area contributed by atoms with E-state index >= 15 is 0 Å². The Hall–Kier alpha value is -1.10. The van der Waals surface area contributed by atoms with Crippen LogP contribution in [0.25, 0.3) is 0 Å². The van der Waals surface area contributed by atoms with Crippen molar-refractivity contribution < 1.29 is 9.59 Å². The first kappa shape index (κ1) is 14.3. The average Bonchev–Trinajstić information content (AvgIpc) is 2.98. The summed E-state index contributed by atoms with van der Waals surface area (Å²) in [6.45, 7) is 3.85. The predicted molar refractivity (Wildman–Crippen MR) is 73.8 cm³/mol. The lowest BCUT2D eigenvalue weighted by atomic mass is 9.97. The number of urea groups is 1. The lowest BCUT2D eigenvalue weighted by molar-refractivity contribution is -0.125. The first-order chi connectivity index (χ1) is 9.13. The van der Waals surface area contributed by atoms with Gasteiger partial charge >= 0.3 is 6.03 Å². The Kier molecular flexibility index (Phi) is 4.80. The molecule has 1 unspecified atom stereocenters. The Balaban J connectivity index is 1.98. The Bertz CT molecular complexity index is 340. The zero-order valence-corrected chi connectivity index (χ0v) is 12.0. The van der Waals surface area contributed by atoms with Crippen LogP contribution >= 0.6 is 0 Å². The van der Waals surface area contributed by atoms with Crippen molar-refractivity contribution in [3.05, 3.63) is 0 Å². The average molecular weight is 267 g/mol. The molecule has 2 aliphatic rings. The molecule has 1 saturated carbocycles. The maximum Gasteiger partial charge on any atom is 0.327 e. The van der Waals surface area contributed by atoms with E-state index in [1.807, 2.05) is 0 Å². The number of hydrogen-bond acceptors (Lipinski definition) is 3. The third-order valence-electron chi connectivity index (χ3n) is 4.24. The van der Waals surface area contributed by atoms with Crippen LogP contribution in [-0.2, 0) is 4.79 Å². The molecule has 1 N–H and O–H groups in total. The van der Waals surface area contributed by atoms with E-state index in [0.29, 0.717) is 12.5 Å². The highest BCUT2D eigenvalue weighted by atomic mass is 16.2. The van der Waals surface area contributed by atoms with Crippen molar-refractivity contribution in [2.24, 2.45) is 5.92 Å². The monoisotopic (exact) mass is 267 g/mol. The van der Waals surface area contributed by atoms with Gasteiger partial charge in [0.15, 0.2) is 0 Å². The zero-order valence-electron chi connectivity index (χ0n) is 12.0. The fraction of sp³-hybridized carbons (Fsp3) is 0.857. The molecule has 0 spiro atoms. The van der Waals surface area contributed by atoms with Crippen molar-refractivity contribution in [3.8, 4) is 0 Å². The molecule has 1 heterocycles. The number of nitrogens with zero attached hydrogens (tertiary/aromatic N) is 2. The summed E-state index contributed by atoms with van der Waals surface area (Å²) >= 11 is 0. The standard InChI is InChI=1S/C14H25N3O2/c1-3-8-15-12(11-6-4-5-7-11)9-17-13(18)10-16(2)14(17)19/h11-12,15H,3-10H2,1-2H3. The van der Waals surface area contributed by atoms with E-state index in [4.69, 9.17) is 0 Å². The van der Waals surface area contributed by atoms with Crippen LogP contribution in [0.5, 0.6) is 0 Å². The van der Waals surface area contributed by atoms with E-state index in [1.54, 1.807) is 7.05 Å². The molecule has 0 radical (unpaired) electrons. The van der Waals surface area contributed by atoms with Gasteiger partial charge in [0, 0.05) is 19.6 Å². The summed E-state index contributed by atoms with van der Waals surface area (Å²) in [5, 5.41) is 3.53. The van der Waals surface area contributed by atoms with Gasteiger partial charge in [0.05, 0.1) is 0 Å². The SMILES string of the molecule is CCCNC(CN1C(=O)CN(C)C1=O)C1CCCC1. The number of likely N-dealkylation sites (N-methyl/N-ethyl adjacent to an activating group) is 1. The van der Waals surface area contributed by atoms with Gasteiger partial charge in [-0.2, -0.15) is 0 Å². The highest BCUT2D eigenvalue weighted by Crippen LogP contribution is 2.28. The third kappa shape index (κ3) is 3.26. The van der Waals surface area contributed by atoms with Gasteiger partial charge in [0.25, 0.3) is 0 Å². The molecule has 2 rings (SSSR count). The Labute approximate surface area is 115 Å². The molecule has 1 atom stereocenters. The molecule has 3 amide bonds. The lowest BCUT2D eigenvalue weighted by Gasteiger charge is -2.28. The summed E-state index contributed by atoms with van der Waals surface area (Å²) in [5.41, 5.74) is 0. The topological polar surface area (TPSA) is 52.7 Å². The van der Waals surface area contributed by atoms with E-state index < -0.39 is 0 Å². The number of carbonyl (C=O) groups excluding carboxylic acids is 2. The Morgan fingerprint density at radius 2 is 2.00 bits per heavy atom. The molecule has 108 valence electrons. The first-order valence-corrected chi connectivity index (χ1v) is 7.42. The summed E-state index contributed by atoms with van der Waals surface area (Å²) in [6.07, 6.45) is 6.05. The van der Waals surface area contributed by atoms with Crippen LogP contribution in [0.15, 0.2) is 0 Å². The second kappa shape index (κ2) is 6.37. The van der Waals surface area contributed by atoms with Gasteiger partial charge in [-0.15, -0.1) is 0 Å². The molecule has 1 aliphatic carbocycles. The number of carbonyl (C=O) groups is 2. The second-order valence-electron chi connectivity index (χ2n) is 5.75. The van der Waals surface area contributed by atoms with Gasteiger partial charge in [-0.05, 0) is 31.7 Å². The van der Waals surface area contributed by atoms with Gasteiger partial charge in [0.2, 0.25) is 5.91 Å². The minimum Gasteiger partial charge on any atom is -0.318 e. The smallest absolute Gasteiger partial charge is 0.318 e. The summed E-state index contributed by atoms with van der Waals surface area (Å²) in [4.78, 5) is 26.7. The maximum atomic E-state index is 11.9. The molecule has 5 heteroatoms. The van der Waals surface area contributed by atoms with Crippen LogP contribution in [0.3, 0.4) is 0 Å². The maximum absolute atomic E-state index is 11.9. The molecular weight excluding hydrogens is 242 g/mol. The fourth-order valence-electron chi connectivity index (χ4n) is 3.12. The predicted octanol–water partition coefficient (Wildman–Crippen LogP) is 1.44. The first-order valence-electron chi connectivity index (χ1n) is 7.42. The van der Waals surface area contributed by atoms with Crippen LogP contribution in [0.1, 0.15) is 39.0 Å². The van der Waals surface area contributed by atoms with Gasteiger partial charge < -0.3 is 10.2 Å². The van der Waals surface area contributed by atoms with Crippen molar-refractivity contribution in [2.75, 3.05) is 26.7 Å². The van der Waals surface area contributed by atoms with Gasteiger partial charge in [0.1, 0.15) is 6.54 Å². The van der Waals surface area contributed by atoms with Crippen LogP contribution < -0.4 is 5.32 Å². The van der Waals surface area contributed by atoms with E-state index in [9.17, 15) is 9.59 Å². The lowest BCUT2D eigenvalue weighted by Crippen LogP contribution is -2.47. The quantitative estimate of drug-likeness (QED) is 0.741. The van der Waals surface area contributed by atoms with Crippen molar-refractivity contribution in [1.29, 1.82) is 0 Å². The van der Waals surface area contributed by atoms with Crippen molar-refractivity contribution >= 4 is 11.9 Å². The minimum absolute atomic E-state index is 0.0613. The molecule has 19 heavy (non-hydrogen) atoms. The highest BCUT2D eigenvalue weighted by molar-refractivity contribution is 6.01. The second-order valence-corrected chi connectivity index (χ2v) is 5.75.